The number of phenols is 2. The van der Waals surface area contributed by atoms with Crippen LogP contribution in [0.1, 0.15) is 74.9 Å². The van der Waals surface area contributed by atoms with Crippen molar-refractivity contribution in [2.75, 3.05) is 0 Å². The fourth-order valence-corrected chi connectivity index (χ4v) is 3.12. The highest BCUT2D eigenvalue weighted by Crippen LogP contribution is 2.38. The Hall–Kier alpha value is -2.56. The summed E-state index contributed by atoms with van der Waals surface area (Å²) >= 11 is 0. The van der Waals surface area contributed by atoms with Crippen LogP contribution in [-0.4, -0.2) is 22.0 Å². The van der Waals surface area contributed by atoms with Gasteiger partial charge in [0.05, 0.1) is 5.56 Å². The molecule has 0 saturated carbocycles. The molecule has 0 fully saturated rings. The number of allylic oxidation sites excluding steroid dienone is 4. The summed E-state index contributed by atoms with van der Waals surface area (Å²) in [6.07, 6.45) is 7.67. The molecule has 2 N–H and O–H groups in total. The number of hydrogen-bond donors (Lipinski definition) is 2. The van der Waals surface area contributed by atoms with E-state index in [-0.39, 0.29) is 29.6 Å². The van der Waals surface area contributed by atoms with Crippen molar-refractivity contribution in [3.63, 3.8) is 0 Å². The van der Waals surface area contributed by atoms with E-state index in [9.17, 15) is 19.8 Å². The molecule has 0 aromatic heterocycles. The van der Waals surface area contributed by atoms with Crippen molar-refractivity contribution in [1.82, 2.24) is 0 Å². The van der Waals surface area contributed by atoms with Crippen LogP contribution in [0.15, 0.2) is 29.4 Å². The van der Waals surface area contributed by atoms with E-state index < -0.39 is 5.97 Å². The molecular formula is C23H30O5. The van der Waals surface area contributed by atoms with Gasteiger partial charge >= 0.3 is 5.97 Å². The molecule has 0 unspecified atom stereocenters. The average molecular weight is 386 g/mol. The second-order valence-electron chi connectivity index (χ2n) is 7.79. The number of benzene rings is 1. The molecule has 5 heteroatoms. The molecule has 0 amide bonds. The molecule has 1 aliphatic rings. The molecule has 0 bridgehead atoms. The second kappa shape index (κ2) is 9.58. The van der Waals surface area contributed by atoms with Crippen LogP contribution in [0.3, 0.4) is 0 Å². The SMILES string of the molecule is CC(=CCc1c(O)cc2c(c1O)COC2=O)CCC=C(C)CCC(=O)C(C)C. The summed E-state index contributed by atoms with van der Waals surface area (Å²) in [7, 11) is 0. The van der Waals surface area contributed by atoms with Gasteiger partial charge in [-0.05, 0) is 45.6 Å². The molecule has 1 aromatic rings. The summed E-state index contributed by atoms with van der Waals surface area (Å²) in [6.45, 7) is 7.96. The normalized spacial score (nSPS) is 14.4. The number of carbonyl (C=O) groups is 2. The Morgan fingerprint density at radius 3 is 2.50 bits per heavy atom. The van der Waals surface area contributed by atoms with Crippen LogP contribution in [0, 0.1) is 5.92 Å². The molecular weight excluding hydrogens is 356 g/mol. The number of phenolic OH excluding ortho intramolecular Hbond substituents is 2. The molecule has 0 spiro atoms. The minimum absolute atomic E-state index is 0.0410. The van der Waals surface area contributed by atoms with Gasteiger partial charge in [0.1, 0.15) is 23.9 Å². The number of Topliss-reactive ketones (excluding diaryl/α,β-unsaturated/α-hetero) is 1. The van der Waals surface area contributed by atoms with Crippen LogP contribution in [0.25, 0.3) is 0 Å². The summed E-state index contributed by atoms with van der Waals surface area (Å²) in [5.74, 6) is -0.282. The molecule has 28 heavy (non-hydrogen) atoms. The number of aromatic hydroxyl groups is 2. The zero-order valence-electron chi connectivity index (χ0n) is 17.2. The van der Waals surface area contributed by atoms with Crippen LogP contribution in [0.4, 0.5) is 0 Å². The highest BCUT2D eigenvalue weighted by Gasteiger charge is 2.27. The van der Waals surface area contributed by atoms with Gasteiger partial charge in [-0.2, -0.15) is 0 Å². The van der Waals surface area contributed by atoms with Crippen molar-refractivity contribution in [2.24, 2.45) is 5.92 Å². The van der Waals surface area contributed by atoms with E-state index in [1.54, 1.807) is 0 Å². The van der Waals surface area contributed by atoms with E-state index in [0.29, 0.717) is 29.8 Å². The second-order valence-corrected chi connectivity index (χ2v) is 7.79. The van der Waals surface area contributed by atoms with Gasteiger partial charge in [0.2, 0.25) is 0 Å². The van der Waals surface area contributed by atoms with E-state index in [2.05, 4.69) is 13.0 Å². The summed E-state index contributed by atoms with van der Waals surface area (Å²) in [5.41, 5.74) is 3.46. The first-order valence-electron chi connectivity index (χ1n) is 9.78. The molecule has 0 aliphatic carbocycles. The summed E-state index contributed by atoms with van der Waals surface area (Å²) in [4.78, 5) is 23.2. The lowest BCUT2D eigenvalue weighted by Gasteiger charge is -2.09. The Balaban J connectivity index is 1.91. The van der Waals surface area contributed by atoms with Gasteiger partial charge < -0.3 is 14.9 Å². The van der Waals surface area contributed by atoms with E-state index in [0.717, 1.165) is 24.8 Å². The molecule has 1 aromatic carbocycles. The first-order chi connectivity index (χ1) is 13.2. The average Bonchev–Trinajstić information content (AvgIpc) is 3.00. The predicted octanol–water partition coefficient (Wildman–Crippen LogP) is 4.99. The Bertz CT molecular complexity index is 815. The third kappa shape index (κ3) is 5.47. The smallest absolute Gasteiger partial charge is 0.339 e. The van der Waals surface area contributed by atoms with Gasteiger partial charge in [-0.3, -0.25) is 4.79 Å². The summed E-state index contributed by atoms with van der Waals surface area (Å²) in [5, 5.41) is 20.5. The molecule has 0 atom stereocenters. The third-order valence-corrected chi connectivity index (χ3v) is 5.15. The first-order valence-corrected chi connectivity index (χ1v) is 9.78. The van der Waals surface area contributed by atoms with Crippen molar-refractivity contribution in [1.29, 1.82) is 0 Å². The standard InChI is InChI=1S/C23H30O5/c1-14(2)20(24)11-9-16(4)7-5-6-15(3)8-10-17-21(25)12-18-19(22(17)26)13-28-23(18)27/h7-8,12,14,25-26H,5-6,9-11,13H2,1-4H3. The van der Waals surface area contributed by atoms with Gasteiger partial charge in [-0.1, -0.05) is 37.1 Å². The van der Waals surface area contributed by atoms with Gasteiger partial charge in [-0.25, -0.2) is 4.79 Å². The third-order valence-electron chi connectivity index (χ3n) is 5.15. The van der Waals surface area contributed by atoms with Crippen molar-refractivity contribution >= 4 is 11.8 Å². The number of ketones is 1. The highest BCUT2D eigenvalue weighted by molar-refractivity contribution is 5.95. The minimum Gasteiger partial charge on any atom is -0.507 e. The van der Waals surface area contributed by atoms with Gasteiger partial charge in [-0.15, -0.1) is 0 Å². The van der Waals surface area contributed by atoms with Crippen molar-refractivity contribution in [3.8, 4) is 11.5 Å². The molecule has 2 rings (SSSR count). The Labute approximate surface area is 166 Å². The lowest BCUT2D eigenvalue weighted by atomic mass is 9.98. The van der Waals surface area contributed by atoms with Gasteiger partial charge in [0.15, 0.2) is 0 Å². The van der Waals surface area contributed by atoms with E-state index in [4.69, 9.17) is 4.74 Å². The van der Waals surface area contributed by atoms with Crippen LogP contribution in [0.5, 0.6) is 11.5 Å². The number of esters is 1. The minimum atomic E-state index is -0.517. The summed E-state index contributed by atoms with van der Waals surface area (Å²) in [6, 6.07) is 1.37. The number of cyclic esters (lactones) is 1. The van der Waals surface area contributed by atoms with Crippen molar-refractivity contribution in [3.05, 3.63) is 46.1 Å². The van der Waals surface area contributed by atoms with Crippen LogP contribution in [-0.2, 0) is 22.6 Å². The largest absolute Gasteiger partial charge is 0.507 e. The van der Waals surface area contributed by atoms with Crippen molar-refractivity contribution < 1.29 is 24.5 Å². The molecule has 0 saturated heterocycles. The fraction of sp³-hybridized carbons (Fsp3) is 0.478. The van der Waals surface area contributed by atoms with E-state index in [1.807, 2.05) is 26.8 Å². The Morgan fingerprint density at radius 2 is 1.82 bits per heavy atom. The summed E-state index contributed by atoms with van der Waals surface area (Å²) < 4.78 is 4.91. The topological polar surface area (TPSA) is 83.8 Å². The van der Waals surface area contributed by atoms with Crippen molar-refractivity contribution in [2.45, 2.75) is 66.4 Å². The molecule has 1 aliphatic heterocycles. The molecule has 0 radical (unpaired) electrons. The number of hydrogen-bond acceptors (Lipinski definition) is 5. The predicted molar refractivity (Wildman–Crippen MR) is 108 cm³/mol. The number of carbonyl (C=O) groups excluding carboxylic acids is 2. The first kappa shape index (κ1) is 21.7. The van der Waals surface area contributed by atoms with E-state index >= 15 is 0 Å². The lowest BCUT2D eigenvalue weighted by molar-refractivity contribution is -0.121. The quantitative estimate of drug-likeness (QED) is 0.461. The number of ether oxygens (including phenoxy) is 1. The zero-order chi connectivity index (χ0) is 20.8. The fourth-order valence-electron chi connectivity index (χ4n) is 3.12. The van der Waals surface area contributed by atoms with Crippen LogP contribution >= 0.6 is 0 Å². The van der Waals surface area contributed by atoms with Gasteiger partial charge in [0, 0.05) is 23.5 Å². The number of rotatable bonds is 9. The monoisotopic (exact) mass is 386 g/mol. The van der Waals surface area contributed by atoms with Crippen LogP contribution < -0.4 is 0 Å². The van der Waals surface area contributed by atoms with Crippen LogP contribution in [0.2, 0.25) is 0 Å². The maximum absolute atomic E-state index is 11.7. The molecule has 152 valence electrons. The maximum Gasteiger partial charge on any atom is 0.339 e. The number of fused-ring (bicyclic) bond motifs is 1. The Morgan fingerprint density at radius 1 is 1.14 bits per heavy atom. The Kier molecular flexibility index (Phi) is 7.44. The highest BCUT2D eigenvalue weighted by atomic mass is 16.5. The lowest BCUT2D eigenvalue weighted by Crippen LogP contribution is -2.06. The van der Waals surface area contributed by atoms with Gasteiger partial charge in [0.25, 0.3) is 0 Å². The molecule has 1 heterocycles. The molecule has 5 nitrogen and oxygen atoms in total. The van der Waals surface area contributed by atoms with E-state index in [1.165, 1.54) is 11.6 Å². The zero-order valence-corrected chi connectivity index (χ0v) is 17.2. The maximum atomic E-state index is 11.7.